The van der Waals surface area contributed by atoms with Crippen molar-refractivity contribution in [3.63, 3.8) is 0 Å². The van der Waals surface area contributed by atoms with Gasteiger partial charge in [-0.2, -0.15) is 5.10 Å². The Morgan fingerprint density at radius 1 is 0.944 bits per heavy atom. The number of pyridine rings is 1. The fourth-order valence-corrected chi connectivity index (χ4v) is 1.92. The quantitative estimate of drug-likeness (QED) is 0.682. The minimum atomic E-state index is 0.875. The Hall–Kier alpha value is -2.42. The van der Waals surface area contributed by atoms with Crippen molar-refractivity contribution in [1.82, 2.24) is 14.8 Å². The van der Waals surface area contributed by atoms with Gasteiger partial charge in [0.2, 0.25) is 0 Å². The Morgan fingerprint density at radius 3 is 2.56 bits per heavy atom. The normalized spacial score (nSPS) is 10.5. The molecule has 0 atom stereocenters. The van der Waals surface area contributed by atoms with Crippen LogP contribution < -0.4 is 0 Å². The molecular weight excluding hydrogens is 222 g/mol. The predicted octanol–water partition coefficient (Wildman–Crippen LogP) is 3.24. The van der Waals surface area contributed by atoms with Crippen LogP contribution >= 0.6 is 0 Å². The molecule has 18 heavy (non-hydrogen) atoms. The lowest BCUT2D eigenvalue weighted by Crippen LogP contribution is -2.00. The van der Waals surface area contributed by atoms with Gasteiger partial charge in [-0.05, 0) is 24.6 Å². The first-order valence-electron chi connectivity index (χ1n) is 5.88. The van der Waals surface area contributed by atoms with Crippen molar-refractivity contribution in [1.29, 1.82) is 0 Å². The molecule has 0 unspecified atom stereocenters. The number of benzene rings is 1. The van der Waals surface area contributed by atoms with Gasteiger partial charge < -0.3 is 0 Å². The van der Waals surface area contributed by atoms with Crippen molar-refractivity contribution in [2.45, 2.75) is 6.92 Å². The van der Waals surface area contributed by atoms with Gasteiger partial charge in [-0.15, -0.1) is 0 Å². The molecule has 3 nitrogen and oxygen atoms in total. The first kappa shape index (κ1) is 10.7. The van der Waals surface area contributed by atoms with Gasteiger partial charge in [0.15, 0.2) is 5.82 Å². The first-order valence-corrected chi connectivity index (χ1v) is 5.88. The summed E-state index contributed by atoms with van der Waals surface area (Å²) in [6.45, 7) is 2.03. The average molecular weight is 235 g/mol. The second-order valence-corrected chi connectivity index (χ2v) is 4.16. The lowest BCUT2D eigenvalue weighted by Gasteiger charge is -2.03. The van der Waals surface area contributed by atoms with Gasteiger partial charge in [0, 0.05) is 18.0 Å². The van der Waals surface area contributed by atoms with Crippen LogP contribution in [-0.2, 0) is 0 Å². The minimum absolute atomic E-state index is 0.875. The standard InChI is InChI=1S/C15H13N3/c1-12-6-5-10-16-15(12)18-11-9-14(17-18)13-7-3-2-4-8-13/h2-11H,1H3. The summed E-state index contributed by atoms with van der Waals surface area (Å²) in [5.74, 6) is 0.875. The van der Waals surface area contributed by atoms with Gasteiger partial charge in [0.05, 0.1) is 5.69 Å². The summed E-state index contributed by atoms with van der Waals surface area (Å²) in [7, 11) is 0. The van der Waals surface area contributed by atoms with Crippen LogP contribution in [0.4, 0.5) is 0 Å². The van der Waals surface area contributed by atoms with Crippen molar-refractivity contribution in [3.8, 4) is 17.1 Å². The number of aromatic nitrogens is 3. The van der Waals surface area contributed by atoms with Crippen molar-refractivity contribution in [3.05, 3.63) is 66.5 Å². The maximum absolute atomic E-state index is 4.57. The summed E-state index contributed by atoms with van der Waals surface area (Å²) in [4.78, 5) is 4.36. The molecule has 2 aromatic heterocycles. The Bertz CT molecular complexity index is 656. The Balaban J connectivity index is 2.03. The third-order valence-corrected chi connectivity index (χ3v) is 2.86. The fourth-order valence-electron chi connectivity index (χ4n) is 1.92. The number of rotatable bonds is 2. The van der Waals surface area contributed by atoms with E-state index in [-0.39, 0.29) is 0 Å². The Morgan fingerprint density at radius 2 is 1.78 bits per heavy atom. The lowest BCUT2D eigenvalue weighted by molar-refractivity contribution is 0.841. The molecule has 0 N–H and O–H groups in total. The topological polar surface area (TPSA) is 30.7 Å². The second kappa shape index (κ2) is 4.45. The van der Waals surface area contributed by atoms with E-state index in [1.54, 1.807) is 6.20 Å². The molecule has 0 aliphatic heterocycles. The van der Waals surface area contributed by atoms with Crippen molar-refractivity contribution >= 4 is 0 Å². The van der Waals surface area contributed by atoms with E-state index in [9.17, 15) is 0 Å². The number of hydrogen-bond donors (Lipinski definition) is 0. The summed E-state index contributed by atoms with van der Waals surface area (Å²) in [5.41, 5.74) is 3.19. The van der Waals surface area contributed by atoms with Gasteiger partial charge in [-0.3, -0.25) is 0 Å². The Labute approximate surface area is 106 Å². The molecule has 0 amide bonds. The predicted molar refractivity (Wildman–Crippen MR) is 71.5 cm³/mol. The Kier molecular flexibility index (Phi) is 2.65. The van der Waals surface area contributed by atoms with E-state index < -0.39 is 0 Å². The molecule has 0 aliphatic carbocycles. The molecule has 3 heteroatoms. The highest BCUT2D eigenvalue weighted by atomic mass is 15.3. The molecule has 0 aliphatic rings. The van der Waals surface area contributed by atoms with E-state index in [0.29, 0.717) is 0 Å². The summed E-state index contributed by atoms with van der Waals surface area (Å²) in [6, 6.07) is 16.1. The number of aryl methyl sites for hydroxylation is 1. The largest absolute Gasteiger partial charge is 0.237 e. The maximum Gasteiger partial charge on any atom is 0.156 e. The summed E-state index contributed by atoms with van der Waals surface area (Å²) < 4.78 is 1.82. The van der Waals surface area contributed by atoms with E-state index in [1.807, 2.05) is 54.2 Å². The highest BCUT2D eigenvalue weighted by Gasteiger charge is 2.05. The number of nitrogens with zero attached hydrogens (tertiary/aromatic N) is 3. The summed E-state index contributed by atoms with van der Waals surface area (Å²) in [6.07, 6.45) is 3.73. The van der Waals surface area contributed by atoms with Crippen LogP contribution in [-0.4, -0.2) is 14.8 Å². The van der Waals surface area contributed by atoms with Gasteiger partial charge in [-0.25, -0.2) is 9.67 Å². The van der Waals surface area contributed by atoms with E-state index >= 15 is 0 Å². The highest BCUT2D eigenvalue weighted by molar-refractivity contribution is 5.58. The molecular formula is C15H13N3. The van der Waals surface area contributed by atoms with Crippen LogP contribution in [0.25, 0.3) is 17.1 Å². The van der Waals surface area contributed by atoms with Crippen LogP contribution in [0.3, 0.4) is 0 Å². The fraction of sp³-hybridized carbons (Fsp3) is 0.0667. The summed E-state index contributed by atoms with van der Waals surface area (Å²) in [5, 5.41) is 4.57. The smallest absolute Gasteiger partial charge is 0.156 e. The van der Waals surface area contributed by atoms with Crippen LogP contribution in [0.1, 0.15) is 5.56 Å². The van der Waals surface area contributed by atoms with E-state index in [4.69, 9.17) is 0 Å². The third-order valence-electron chi connectivity index (χ3n) is 2.86. The van der Waals surface area contributed by atoms with Gasteiger partial charge in [-0.1, -0.05) is 36.4 Å². The lowest BCUT2D eigenvalue weighted by atomic mass is 10.2. The van der Waals surface area contributed by atoms with Crippen molar-refractivity contribution in [2.75, 3.05) is 0 Å². The zero-order valence-electron chi connectivity index (χ0n) is 10.1. The van der Waals surface area contributed by atoms with Crippen LogP contribution in [0.5, 0.6) is 0 Å². The average Bonchev–Trinajstić information content (AvgIpc) is 2.90. The van der Waals surface area contributed by atoms with Crippen LogP contribution in [0, 0.1) is 6.92 Å². The molecule has 3 aromatic rings. The zero-order valence-corrected chi connectivity index (χ0v) is 10.1. The molecule has 3 rings (SSSR count). The SMILES string of the molecule is Cc1cccnc1-n1ccc(-c2ccccc2)n1. The molecule has 0 spiro atoms. The molecule has 0 fully saturated rings. The zero-order chi connectivity index (χ0) is 12.4. The molecule has 2 heterocycles. The minimum Gasteiger partial charge on any atom is -0.237 e. The number of hydrogen-bond acceptors (Lipinski definition) is 2. The molecule has 0 saturated heterocycles. The van der Waals surface area contributed by atoms with Gasteiger partial charge in [0.1, 0.15) is 0 Å². The monoisotopic (exact) mass is 235 g/mol. The summed E-state index contributed by atoms with van der Waals surface area (Å²) >= 11 is 0. The second-order valence-electron chi connectivity index (χ2n) is 4.16. The van der Waals surface area contributed by atoms with Gasteiger partial charge in [0.25, 0.3) is 0 Å². The van der Waals surface area contributed by atoms with Crippen LogP contribution in [0.15, 0.2) is 60.9 Å². The van der Waals surface area contributed by atoms with Crippen molar-refractivity contribution in [2.24, 2.45) is 0 Å². The third kappa shape index (κ3) is 1.91. The van der Waals surface area contributed by atoms with Crippen molar-refractivity contribution < 1.29 is 0 Å². The molecule has 1 aromatic carbocycles. The molecule has 0 radical (unpaired) electrons. The van der Waals surface area contributed by atoms with E-state index in [1.165, 1.54) is 0 Å². The maximum atomic E-state index is 4.57. The first-order chi connectivity index (χ1) is 8.84. The van der Waals surface area contributed by atoms with Crippen LogP contribution in [0.2, 0.25) is 0 Å². The van der Waals surface area contributed by atoms with E-state index in [2.05, 4.69) is 22.2 Å². The highest BCUT2D eigenvalue weighted by Crippen LogP contribution is 2.18. The molecule has 88 valence electrons. The molecule has 0 saturated carbocycles. The van der Waals surface area contributed by atoms with Gasteiger partial charge >= 0.3 is 0 Å². The van der Waals surface area contributed by atoms with E-state index in [0.717, 1.165) is 22.6 Å². The molecule has 0 bridgehead atoms.